The van der Waals surface area contributed by atoms with Crippen molar-refractivity contribution in [3.05, 3.63) is 29.8 Å². The zero-order valence-corrected chi connectivity index (χ0v) is 14.4. The van der Waals surface area contributed by atoms with Gasteiger partial charge >= 0.3 is 0 Å². The maximum absolute atomic E-state index is 6.03. The fourth-order valence-electron chi connectivity index (χ4n) is 2.48. The average Bonchev–Trinajstić information content (AvgIpc) is 2.36. The average molecular weight is 276 g/mol. The normalized spacial score (nSPS) is 13.8. The Bertz CT molecular complexity index is 387. The van der Waals surface area contributed by atoms with Crippen molar-refractivity contribution in [2.24, 2.45) is 11.8 Å². The third kappa shape index (κ3) is 5.19. The van der Waals surface area contributed by atoms with Gasteiger partial charge in [-0.2, -0.15) is 0 Å². The van der Waals surface area contributed by atoms with Crippen molar-refractivity contribution in [2.45, 2.75) is 72.8 Å². The van der Waals surface area contributed by atoms with Crippen LogP contribution >= 0.6 is 0 Å². The van der Waals surface area contributed by atoms with Crippen LogP contribution in [-0.4, -0.2) is 5.60 Å². The highest BCUT2D eigenvalue weighted by molar-refractivity contribution is 5.30. The summed E-state index contributed by atoms with van der Waals surface area (Å²) in [5.41, 5.74) is 1.35. The Morgan fingerprint density at radius 2 is 1.55 bits per heavy atom. The number of benzene rings is 1. The van der Waals surface area contributed by atoms with Gasteiger partial charge in [0.05, 0.1) is 0 Å². The van der Waals surface area contributed by atoms with Crippen molar-refractivity contribution in [3.63, 3.8) is 0 Å². The summed E-state index contributed by atoms with van der Waals surface area (Å²) in [7, 11) is 0. The molecule has 114 valence electrons. The van der Waals surface area contributed by atoms with Gasteiger partial charge in [-0.3, -0.25) is 0 Å². The molecule has 1 nitrogen and oxygen atoms in total. The van der Waals surface area contributed by atoms with Crippen molar-refractivity contribution in [2.75, 3.05) is 0 Å². The number of hydrogen-bond donors (Lipinski definition) is 0. The second kappa shape index (κ2) is 7.15. The maximum Gasteiger partial charge on any atom is 0.120 e. The van der Waals surface area contributed by atoms with Gasteiger partial charge < -0.3 is 4.74 Å². The van der Waals surface area contributed by atoms with Crippen molar-refractivity contribution in [3.8, 4) is 5.75 Å². The van der Waals surface area contributed by atoms with Crippen LogP contribution in [0, 0.1) is 11.8 Å². The molecule has 0 bridgehead atoms. The Kier molecular flexibility index (Phi) is 6.10. The van der Waals surface area contributed by atoms with Gasteiger partial charge in [-0.25, -0.2) is 0 Å². The van der Waals surface area contributed by atoms with Crippen LogP contribution in [0.3, 0.4) is 0 Å². The van der Waals surface area contributed by atoms with Gasteiger partial charge in [0.25, 0.3) is 0 Å². The first kappa shape index (κ1) is 17.1. The molecule has 1 atom stereocenters. The van der Waals surface area contributed by atoms with E-state index in [9.17, 15) is 0 Å². The fourth-order valence-corrected chi connectivity index (χ4v) is 2.48. The number of ether oxygens (including phenoxy) is 1. The molecule has 0 aliphatic heterocycles. The van der Waals surface area contributed by atoms with Crippen LogP contribution in [0.1, 0.15) is 72.8 Å². The molecule has 0 saturated heterocycles. The molecule has 20 heavy (non-hydrogen) atoms. The van der Waals surface area contributed by atoms with Gasteiger partial charge in [0.15, 0.2) is 0 Å². The van der Waals surface area contributed by atoms with E-state index in [0.29, 0.717) is 11.8 Å². The van der Waals surface area contributed by atoms with E-state index in [4.69, 9.17) is 4.74 Å². The van der Waals surface area contributed by atoms with E-state index in [0.717, 1.165) is 18.1 Å². The van der Waals surface area contributed by atoms with Crippen molar-refractivity contribution >= 4 is 0 Å². The Labute approximate surface area is 125 Å². The second-order valence-corrected chi connectivity index (χ2v) is 7.26. The topological polar surface area (TPSA) is 9.23 Å². The summed E-state index contributed by atoms with van der Waals surface area (Å²) in [5.74, 6) is 3.03. The summed E-state index contributed by atoms with van der Waals surface area (Å²) in [6.07, 6.45) is 2.26. The van der Waals surface area contributed by atoms with Gasteiger partial charge in [-0.05, 0) is 62.1 Å². The molecule has 0 radical (unpaired) electrons. The SMILES string of the molecule is CCC(C)(C)Oc1ccc(C(CC(C)C)C(C)C)cc1. The molecular formula is C19H32O. The third-order valence-electron chi connectivity index (χ3n) is 4.08. The molecule has 0 N–H and O–H groups in total. The highest BCUT2D eigenvalue weighted by Crippen LogP contribution is 2.32. The summed E-state index contributed by atoms with van der Waals surface area (Å²) in [4.78, 5) is 0. The second-order valence-electron chi connectivity index (χ2n) is 7.26. The van der Waals surface area contributed by atoms with Gasteiger partial charge in [0.2, 0.25) is 0 Å². The van der Waals surface area contributed by atoms with Crippen molar-refractivity contribution < 1.29 is 4.74 Å². The molecule has 0 aromatic heterocycles. The smallest absolute Gasteiger partial charge is 0.120 e. The van der Waals surface area contributed by atoms with Crippen LogP contribution in [-0.2, 0) is 0 Å². The molecule has 1 aromatic rings. The Morgan fingerprint density at radius 3 is 1.95 bits per heavy atom. The minimum Gasteiger partial charge on any atom is -0.488 e. The van der Waals surface area contributed by atoms with Crippen LogP contribution in [0.2, 0.25) is 0 Å². The molecule has 1 aromatic carbocycles. The minimum absolute atomic E-state index is 0.0864. The van der Waals surface area contributed by atoms with Crippen LogP contribution < -0.4 is 4.74 Å². The summed E-state index contributed by atoms with van der Waals surface area (Å²) < 4.78 is 6.03. The molecule has 0 spiro atoms. The summed E-state index contributed by atoms with van der Waals surface area (Å²) in [5, 5.41) is 0. The van der Waals surface area contributed by atoms with E-state index in [1.165, 1.54) is 12.0 Å². The largest absolute Gasteiger partial charge is 0.488 e. The predicted octanol–water partition coefficient (Wildman–Crippen LogP) is 6.04. The molecule has 1 unspecified atom stereocenters. The first-order chi connectivity index (χ1) is 9.25. The van der Waals surface area contributed by atoms with E-state index in [-0.39, 0.29) is 5.60 Å². The van der Waals surface area contributed by atoms with Gasteiger partial charge in [0, 0.05) is 0 Å². The standard InChI is InChI=1S/C19H32O/c1-8-19(6,7)20-17-11-9-16(10-12-17)18(15(4)5)13-14(2)3/h9-12,14-15,18H,8,13H2,1-7H3. The lowest BCUT2D eigenvalue weighted by Gasteiger charge is -2.26. The highest BCUT2D eigenvalue weighted by Gasteiger charge is 2.19. The molecule has 0 amide bonds. The summed E-state index contributed by atoms with van der Waals surface area (Å²) in [6.45, 7) is 15.7. The zero-order valence-electron chi connectivity index (χ0n) is 14.4. The van der Waals surface area contributed by atoms with E-state index >= 15 is 0 Å². The van der Waals surface area contributed by atoms with Gasteiger partial charge in [0.1, 0.15) is 11.4 Å². The quantitative estimate of drug-likeness (QED) is 0.590. The fraction of sp³-hybridized carbons (Fsp3) is 0.684. The number of rotatable bonds is 7. The summed E-state index contributed by atoms with van der Waals surface area (Å²) >= 11 is 0. The molecular weight excluding hydrogens is 244 g/mol. The summed E-state index contributed by atoms with van der Waals surface area (Å²) in [6, 6.07) is 8.74. The Balaban J connectivity index is 2.83. The number of hydrogen-bond acceptors (Lipinski definition) is 1. The van der Waals surface area contributed by atoms with Gasteiger partial charge in [-0.1, -0.05) is 46.8 Å². The van der Waals surface area contributed by atoms with Gasteiger partial charge in [-0.15, -0.1) is 0 Å². The lowest BCUT2D eigenvalue weighted by Crippen LogP contribution is -2.26. The molecule has 0 aliphatic rings. The molecule has 0 aliphatic carbocycles. The minimum atomic E-state index is -0.0864. The van der Waals surface area contributed by atoms with Crippen molar-refractivity contribution in [1.82, 2.24) is 0 Å². The Morgan fingerprint density at radius 1 is 1.00 bits per heavy atom. The van der Waals surface area contributed by atoms with E-state index in [2.05, 4.69) is 72.7 Å². The first-order valence-electron chi connectivity index (χ1n) is 8.04. The van der Waals surface area contributed by atoms with E-state index in [1.54, 1.807) is 0 Å². The van der Waals surface area contributed by atoms with Crippen molar-refractivity contribution in [1.29, 1.82) is 0 Å². The van der Waals surface area contributed by atoms with Crippen LogP contribution in [0.4, 0.5) is 0 Å². The van der Waals surface area contributed by atoms with Crippen LogP contribution in [0.5, 0.6) is 5.75 Å². The van der Waals surface area contributed by atoms with Crippen LogP contribution in [0.25, 0.3) is 0 Å². The monoisotopic (exact) mass is 276 g/mol. The zero-order chi connectivity index (χ0) is 15.3. The molecule has 0 fully saturated rings. The predicted molar refractivity (Wildman–Crippen MR) is 88.5 cm³/mol. The molecule has 1 heteroatoms. The molecule has 0 saturated carbocycles. The lowest BCUT2D eigenvalue weighted by molar-refractivity contribution is 0.105. The maximum atomic E-state index is 6.03. The third-order valence-corrected chi connectivity index (χ3v) is 4.08. The van der Waals surface area contributed by atoms with Crippen LogP contribution in [0.15, 0.2) is 24.3 Å². The van der Waals surface area contributed by atoms with E-state index in [1.807, 2.05) is 0 Å². The molecule has 1 rings (SSSR count). The molecule has 0 heterocycles. The first-order valence-corrected chi connectivity index (χ1v) is 8.04. The lowest BCUT2D eigenvalue weighted by atomic mass is 9.82. The Hall–Kier alpha value is -0.980. The van der Waals surface area contributed by atoms with E-state index < -0.39 is 0 Å². The highest BCUT2D eigenvalue weighted by atomic mass is 16.5.